The van der Waals surface area contributed by atoms with Crippen molar-refractivity contribution in [2.24, 2.45) is 5.92 Å². The molecule has 0 N–H and O–H groups in total. The number of nitro benzene ring substituents is 1. The Morgan fingerprint density at radius 3 is 2.70 bits per heavy atom. The lowest BCUT2D eigenvalue weighted by Gasteiger charge is -2.21. The Labute approximate surface area is 137 Å². The van der Waals surface area contributed by atoms with E-state index in [1.54, 1.807) is 0 Å². The lowest BCUT2D eigenvalue weighted by atomic mass is 9.90. The Kier molecular flexibility index (Phi) is 4.52. The first kappa shape index (κ1) is 15.8. The Hall–Kier alpha value is -2.08. The summed E-state index contributed by atoms with van der Waals surface area (Å²) in [5, 5.41) is 11.4. The summed E-state index contributed by atoms with van der Waals surface area (Å²) >= 11 is 6.24. The third kappa shape index (κ3) is 3.32. The average molecular weight is 338 g/mol. The highest BCUT2D eigenvalue weighted by Gasteiger charge is 2.19. The van der Waals surface area contributed by atoms with Crippen LogP contribution in [0.1, 0.15) is 32.1 Å². The molecule has 0 unspecified atom stereocenters. The molecule has 23 heavy (non-hydrogen) atoms. The van der Waals surface area contributed by atoms with E-state index < -0.39 is 10.5 Å². The molecule has 1 fully saturated rings. The zero-order valence-electron chi connectivity index (χ0n) is 12.4. The molecule has 1 saturated carbocycles. The molecule has 122 valence electrons. The van der Waals surface area contributed by atoms with Crippen LogP contribution >= 0.6 is 11.6 Å². The maximum absolute atomic E-state index is 12.0. The largest absolute Gasteiger partial charge is 0.464 e. The topological polar surface area (TPSA) is 82.6 Å². The molecular formula is C16H16ClNO5. The van der Waals surface area contributed by atoms with E-state index in [0.717, 1.165) is 18.9 Å². The normalized spacial score (nSPS) is 15.7. The van der Waals surface area contributed by atoms with Gasteiger partial charge in [0.05, 0.1) is 16.9 Å². The molecule has 1 aromatic carbocycles. The molecule has 0 radical (unpaired) electrons. The van der Waals surface area contributed by atoms with E-state index in [2.05, 4.69) is 0 Å². The van der Waals surface area contributed by atoms with Crippen LogP contribution in [-0.4, -0.2) is 11.5 Å². The number of halogens is 1. The van der Waals surface area contributed by atoms with Gasteiger partial charge >= 0.3 is 11.6 Å². The van der Waals surface area contributed by atoms with Crippen LogP contribution in [0.2, 0.25) is 5.02 Å². The van der Waals surface area contributed by atoms with Gasteiger partial charge in [-0.2, -0.15) is 0 Å². The minimum atomic E-state index is -0.688. The minimum absolute atomic E-state index is 0.0106. The predicted octanol–water partition coefficient (Wildman–Crippen LogP) is 4.31. The summed E-state index contributed by atoms with van der Waals surface area (Å²) in [5.74, 6) is 0.432. The first-order chi connectivity index (χ1) is 11.1. The first-order valence-electron chi connectivity index (χ1n) is 7.60. The van der Waals surface area contributed by atoms with Crippen LogP contribution in [-0.2, 0) is 0 Å². The smallest absolute Gasteiger partial charge is 0.346 e. The fraction of sp³-hybridized carbons (Fsp3) is 0.438. The molecule has 1 heterocycles. The molecule has 1 aromatic heterocycles. The van der Waals surface area contributed by atoms with Gasteiger partial charge in [0.15, 0.2) is 0 Å². The van der Waals surface area contributed by atoms with Crippen molar-refractivity contribution in [2.75, 3.05) is 6.61 Å². The van der Waals surface area contributed by atoms with Gasteiger partial charge in [0.1, 0.15) is 5.02 Å². The van der Waals surface area contributed by atoms with E-state index in [9.17, 15) is 14.9 Å². The molecular weight excluding hydrogens is 322 g/mol. The second-order valence-corrected chi connectivity index (χ2v) is 6.17. The number of nitro groups is 1. The van der Waals surface area contributed by atoms with Crippen LogP contribution in [0.4, 0.5) is 5.69 Å². The molecule has 0 bridgehead atoms. The standard InChI is InChI=1S/C16H16ClNO5/c17-14-12-7-6-11(18(20)21)8-13(12)15(19)23-16(14)22-9-10-4-2-1-3-5-10/h6-8,10H,1-5,9H2. The summed E-state index contributed by atoms with van der Waals surface area (Å²) in [6, 6.07) is 3.91. The van der Waals surface area contributed by atoms with E-state index in [1.165, 1.54) is 31.4 Å². The van der Waals surface area contributed by atoms with Gasteiger partial charge < -0.3 is 9.15 Å². The molecule has 0 atom stereocenters. The highest BCUT2D eigenvalue weighted by molar-refractivity contribution is 6.36. The maximum Gasteiger partial charge on any atom is 0.346 e. The minimum Gasteiger partial charge on any atom is -0.464 e. The van der Waals surface area contributed by atoms with E-state index in [1.807, 2.05) is 0 Å². The van der Waals surface area contributed by atoms with Crippen LogP contribution in [0.5, 0.6) is 5.95 Å². The zero-order chi connectivity index (χ0) is 16.4. The van der Waals surface area contributed by atoms with Gasteiger partial charge in [-0.3, -0.25) is 10.1 Å². The van der Waals surface area contributed by atoms with Crippen LogP contribution in [0.15, 0.2) is 27.4 Å². The summed E-state index contributed by atoms with van der Waals surface area (Å²) < 4.78 is 10.7. The number of benzene rings is 1. The monoisotopic (exact) mass is 337 g/mol. The van der Waals surface area contributed by atoms with Crippen LogP contribution in [0.25, 0.3) is 10.8 Å². The number of fused-ring (bicyclic) bond motifs is 1. The Bertz CT molecular complexity index is 795. The average Bonchev–Trinajstić information content (AvgIpc) is 2.57. The van der Waals surface area contributed by atoms with Crippen molar-refractivity contribution in [2.45, 2.75) is 32.1 Å². The van der Waals surface area contributed by atoms with Gasteiger partial charge in [-0.25, -0.2) is 4.79 Å². The Balaban J connectivity index is 1.89. The van der Waals surface area contributed by atoms with Crippen LogP contribution in [0, 0.1) is 16.0 Å². The lowest BCUT2D eigenvalue weighted by Crippen LogP contribution is -2.16. The summed E-state index contributed by atoms with van der Waals surface area (Å²) in [7, 11) is 0. The zero-order valence-corrected chi connectivity index (χ0v) is 13.2. The summed E-state index contributed by atoms with van der Waals surface area (Å²) in [4.78, 5) is 22.3. The second kappa shape index (κ2) is 6.58. The summed E-state index contributed by atoms with van der Waals surface area (Å²) in [6.07, 6.45) is 5.82. The van der Waals surface area contributed by atoms with Gasteiger partial charge in [0.25, 0.3) is 5.69 Å². The molecule has 7 heteroatoms. The number of rotatable bonds is 4. The fourth-order valence-corrected chi connectivity index (χ4v) is 3.20. The van der Waals surface area contributed by atoms with Crippen molar-refractivity contribution in [3.63, 3.8) is 0 Å². The van der Waals surface area contributed by atoms with E-state index in [4.69, 9.17) is 20.8 Å². The van der Waals surface area contributed by atoms with Crippen molar-refractivity contribution in [1.82, 2.24) is 0 Å². The molecule has 0 amide bonds. The van der Waals surface area contributed by atoms with Gasteiger partial charge in [-0.05, 0) is 24.8 Å². The Morgan fingerprint density at radius 2 is 2.00 bits per heavy atom. The third-order valence-corrected chi connectivity index (χ3v) is 4.57. The SMILES string of the molecule is O=c1oc(OCC2CCCCC2)c(Cl)c2ccc([N+](=O)[O-])cc12. The quantitative estimate of drug-likeness (QED) is 0.613. The summed E-state index contributed by atoms with van der Waals surface area (Å²) in [5.41, 5.74) is -0.872. The Morgan fingerprint density at radius 1 is 1.26 bits per heavy atom. The lowest BCUT2D eigenvalue weighted by molar-refractivity contribution is -0.384. The summed E-state index contributed by atoms with van der Waals surface area (Å²) in [6.45, 7) is 0.459. The molecule has 0 aliphatic heterocycles. The molecule has 3 rings (SSSR count). The fourth-order valence-electron chi connectivity index (χ4n) is 2.94. The number of ether oxygens (including phenoxy) is 1. The van der Waals surface area contributed by atoms with Gasteiger partial charge in [0, 0.05) is 17.5 Å². The van der Waals surface area contributed by atoms with Crippen LogP contribution < -0.4 is 10.4 Å². The highest BCUT2D eigenvalue weighted by atomic mass is 35.5. The van der Waals surface area contributed by atoms with E-state index >= 15 is 0 Å². The molecule has 1 aliphatic rings. The van der Waals surface area contributed by atoms with Crippen molar-refractivity contribution in [1.29, 1.82) is 0 Å². The van der Waals surface area contributed by atoms with Gasteiger partial charge in [-0.15, -0.1) is 0 Å². The molecule has 0 spiro atoms. The second-order valence-electron chi connectivity index (χ2n) is 5.79. The van der Waals surface area contributed by atoms with Gasteiger partial charge in [-0.1, -0.05) is 30.9 Å². The van der Waals surface area contributed by atoms with Crippen molar-refractivity contribution < 1.29 is 14.1 Å². The highest BCUT2D eigenvalue weighted by Crippen LogP contribution is 2.33. The van der Waals surface area contributed by atoms with Gasteiger partial charge in [0.2, 0.25) is 0 Å². The predicted molar refractivity (Wildman–Crippen MR) is 86.2 cm³/mol. The number of hydrogen-bond acceptors (Lipinski definition) is 5. The maximum atomic E-state index is 12.0. The van der Waals surface area contributed by atoms with Crippen molar-refractivity contribution in [3.05, 3.63) is 43.8 Å². The van der Waals surface area contributed by atoms with Crippen LogP contribution in [0.3, 0.4) is 0 Å². The molecule has 2 aromatic rings. The number of hydrogen-bond donors (Lipinski definition) is 0. The number of non-ortho nitro benzene ring substituents is 1. The van der Waals surface area contributed by atoms with E-state index in [0.29, 0.717) is 17.9 Å². The molecule has 0 saturated heterocycles. The van der Waals surface area contributed by atoms with Crippen molar-refractivity contribution >= 4 is 28.1 Å². The van der Waals surface area contributed by atoms with E-state index in [-0.39, 0.29) is 22.0 Å². The molecule has 1 aliphatic carbocycles. The first-order valence-corrected chi connectivity index (χ1v) is 7.97. The number of nitrogens with zero attached hydrogens (tertiary/aromatic N) is 1. The third-order valence-electron chi connectivity index (χ3n) is 4.21. The van der Waals surface area contributed by atoms with Crippen molar-refractivity contribution in [3.8, 4) is 5.95 Å². The molecule has 6 nitrogen and oxygen atoms in total.